The Morgan fingerprint density at radius 1 is 0.854 bits per heavy atom. The normalized spacial score (nSPS) is 14.7. The van der Waals surface area contributed by atoms with Crippen molar-refractivity contribution in [1.29, 1.82) is 0 Å². The molecule has 6 rings (SSSR count). The van der Waals surface area contributed by atoms with Gasteiger partial charge in [-0.15, -0.1) is 0 Å². The van der Waals surface area contributed by atoms with Gasteiger partial charge in [0.2, 0.25) is 5.91 Å². The number of aromatic nitrogens is 4. The molecule has 3 aromatic carbocycles. The first-order chi connectivity index (χ1) is 20.0. The van der Waals surface area contributed by atoms with Crippen molar-refractivity contribution in [2.24, 2.45) is 5.92 Å². The molecule has 2 N–H and O–H groups in total. The third-order valence-corrected chi connectivity index (χ3v) is 7.50. The monoisotopic (exact) mass is 539 g/mol. The van der Waals surface area contributed by atoms with Crippen LogP contribution in [0, 0.1) is 17.8 Å². The summed E-state index contributed by atoms with van der Waals surface area (Å²) < 4.78 is 0. The van der Waals surface area contributed by atoms with Gasteiger partial charge in [-0.05, 0) is 54.2 Å². The van der Waals surface area contributed by atoms with Gasteiger partial charge in [-0.2, -0.15) is 0 Å². The molecule has 2 aromatic heterocycles. The highest BCUT2D eigenvalue weighted by Crippen LogP contribution is 2.32. The molecule has 0 radical (unpaired) electrons. The summed E-state index contributed by atoms with van der Waals surface area (Å²) in [6.07, 6.45) is 8.07. The topological polar surface area (TPSA) is 77.7 Å². The minimum Gasteiger partial charge on any atom is -0.351 e. The van der Waals surface area contributed by atoms with Gasteiger partial charge in [0.15, 0.2) is 0 Å². The molecule has 3 heterocycles. The molecule has 41 heavy (non-hydrogen) atoms. The van der Waals surface area contributed by atoms with Crippen LogP contribution < -0.4 is 0 Å². The van der Waals surface area contributed by atoms with Crippen LogP contribution in [0.5, 0.6) is 0 Å². The molecule has 0 spiro atoms. The summed E-state index contributed by atoms with van der Waals surface area (Å²) >= 11 is 0. The first-order valence-electron chi connectivity index (χ1n) is 14.2. The summed E-state index contributed by atoms with van der Waals surface area (Å²) in [5.74, 6) is 8.00. The van der Waals surface area contributed by atoms with E-state index in [4.69, 9.17) is 4.98 Å². The first-order valence-corrected chi connectivity index (χ1v) is 14.2. The number of hydrogen-bond donors (Lipinski definition) is 2. The fourth-order valence-corrected chi connectivity index (χ4v) is 5.34. The van der Waals surface area contributed by atoms with Crippen molar-refractivity contribution in [2.75, 3.05) is 6.54 Å². The van der Waals surface area contributed by atoms with Gasteiger partial charge < -0.3 is 14.9 Å². The van der Waals surface area contributed by atoms with Gasteiger partial charge in [0.25, 0.3) is 0 Å². The van der Waals surface area contributed by atoms with Gasteiger partial charge in [0.1, 0.15) is 5.82 Å². The van der Waals surface area contributed by atoms with Crippen LogP contribution in [0.1, 0.15) is 56.1 Å². The van der Waals surface area contributed by atoms with Crippen LogP contribution in [0.4, 0.5) is 0 Å². The zero-order valence-electron chi connectivity index (χ0n) is 23.4. The number of aromatic amines is 2. The Balaban J connectivity index is 1.10. The number of H-pyrrole nitrogens is 2. The van der Waals surface area contributed by atoms with Crippen molar-refractivity contribution in [2.45, 2.75) is 39.2 Å². The number of carbonyl (C=O) groups is 1. The average molecular weight is 540 g/mol. The number of nitrogens with one attached hydrogen (secondary N) is 2. The van der Waals surface area contributed by atoms with Crippen molar-refractivity contribution in [1.82, 2.24) is 24.8 Å². The summed E-state index contributed by atoms with van der Waals surface area (Å²) in [5.41, 5.74) is 8.16. The maximum atomic E-state index is 12.7. The van der Waals surface area contributed by atoms with Crippen LogP contribution in [0.15, 0.2) is 91.5 Å². The number of imidazole rings is 2. The molecule has 6 nitrogen and oxygen atoms in total. The smallest absolute Gasteiger partial charge is 0.223 e. The Kier molecular flexibility index (Phi) is 7.51. The molecule has 0 saturated carbocycles. The van der Waals surface area contributed by atoms with Crippen LogP contribution in [0.2, 0.25) is 0 Å². The fraction of sp³-hybridized carbons (Fsp3) is 0.229. The molecule has 1 aliphatic rings. The molecule has 1 saturated heterocycles. The lowest BCUT2D eigenvalue weighted by Gasteiger charge is -2.24. The van der Waals surface area contributed by atoms with E-state index < -0.39 is 0 Å². The van der Waals surface area contributed by atoms with Crippen LogP contribution in [-0.2, 0) is 4.79 Å². The quantitative estimate of drug-likeness (QED) is 0.223. The first kappa shape index (κ1) is 26.3. The van der Waals surface area contributed by atoms with Crippen molar-refractivity contribution in [3.63, 3.8) is 0 Å². The lowest BCUT2D eigenvalue weighted by atomic mass is 10.0. The van der Waals surface area contributed by atoms with E-state index in [9.17, 15) is 4.79 Å². The maximum absolute atomic E-state index is 12.7. The Bertz CT molecular complexity index is 1670. The van der Waals surface area contributed by atoms with E-state index in [1.165, 1.54) is 0 Å². The molecule has 0 bridgehead atoms. The van der Waals surface area contributed by atoms with E-state index in [0.29, 0.717) is 12.3 Å². The van der Waals surface area contributed by atoms with E-state index in [1.54, 1.807) is 6.33 Å². The van der Waals surface area contributed by atoms with Crippen molar-refractivity contribution in [3.8, 4) is 45.5 Å². The number of nitrogens with zero attached hydrogens (tertiary/aromatic N) is 3. The molecule has 0 unspecified atom stereocenters. The van der Waals surface area contributed by atoms with Crippen LogP contribution in [-0.4, -0.2) is 37.3 Å². The fourth-order valence-electron chi connectivity index (χ4n) is 5.34. The zero-order chi connectivity index (χ0) is 28.2. The molecule has 5 aromatic rings. The van der Waals surface area contributed by atoms with Gasteiger partial charge in [0, 0.05) is 47.6 Å². The predicted molar refractivity (Wildman–Crippen MR) is 163 cm³/mol. The van der Waals surface area contributed by atoms with Gasteiger partial charge in [-0.1, -0.05) is 74.2 Å². The lowest BCUT2D eigenvalue weighted by Crippen LogP contribution is -2.31. The minimum absolute atomic E-state index is 0.0349. The Morgan fingerprint density at radius 2 is 1.44 bits per heavy atom. The van der Waals surface area contributed by atoms with E-state index >= 15 is 0 Å². The third kappa shape index (κ3) is 6.00. The van der Waals surface area contributed by atoms with E-state index in [2.05, 4.69) is 101 Å². The molecular formula is C35H33N5O. The third-order valence-electron chi connectivity index (χ3n) is 7.50. The molecule has 1 amide bonds. The second-order valence-electron chi connectivity index (χ2n) is 11.0. The molecule has 1 aliphatic heterocycles. The molecule has 6 heteroatoms. The SMILES string of the molecule is CC(C)CC(=O)N1CCC[C@H]1c1nc(-c2ccc(C#Cc3ccc(-c4ccc(-c5c[nH]cn5)cc4)cc3)cc2)c[nH]1. The number of rotatable bonds is 6. The Hall–Kier alpha value is -4.89. The minimum atomic E-state index is 0.0349. The molecule has 0 aliphatic carbocycles. The van der Waals surface area contributed by atoms with Crippen LogP contribution in [0.25, 0.3) is 33.6 Å². The maximum Gasteiger partial charge on any atom is 0.223 e. The molecule has 1 fully saturated rings. The highest BCUT2D eigenvalue weighted by Gasteiger charge is 2.32. The summed E-state index contributed by atoms with van der Waals surface area (Å²) in [7, 11) is 0. The van der Waals surface area contributed by atoms with Crippen molar-refractivity contribution >= 4 is 5.91 Å². The second kappa shape index (κ2) is 11.7. The molecule has 1 atom stereocenters. The van der Waals surface area contributed by atoms with Gasteiger partial charge in [-0.25, -0.2) is 9.97 Å². The van der Waals surface area contributed by atoms with Gasteiger partial charge in [0.05, 0.1) is 23.8 Å². The van der Waals surface area contributed by atoms with Gasteiger partial charge in [-0.3, -0.25) is 4.79 Å². The molecular weight excluding hydrogens is 506 g/mol. The number of benzene rings is 3. The Morgan fingerprint density at radius 3 is 2.05 bits per heavy atom. The highest BCUT2D eigenvalue weighted by atomic mass is 16.2. The lowest BCUT2D eigenvalue weighted by molar-refractivity contribution is -0.133. The number of carbonyl (C=O) groups excluding carboxylic acids is 1. The largest absolute Gasteiger partial charge is 0.351 e. The summed E-state index contributed by atoms with van der Waals surface area (Å²) in [5, 5.41) is 0. The number of likely N-dealkylation sites (tertiary alicyclic amines) is 1. The van der Waals surface area contributed by atoms with Crippen LogP contribution >= 0.6 is 0 Å². The summed E-state index contributed by atoms with van der Waals surface area (Å²) in [6.45, 7) is 4.98. The van der Waals surface area contributed by atoms with Gasteiger partial charge >= 0.3 is 0 Å². The Labute approximate surface area is 240 Å². The average Bonchev–Trinajstić information content (AvgIpc) is 3.78. The van der Waals surface area contributed by atoms with Crippen molar-refractivity contribution < 1.29 is 4.79 Å². The predicted octanol–water partition coefficient (Wildman–Crippen LogP) is 7.24. The van der Waals surface area contributed by atoms with E-state index in [-0.39, 0.29) is 11.9 Å². The second-order valence-corrected chi connectivity index (χ2v) is 11.0. The van der Waals surface area contributed by atoms with Crippen LogP contribution in [0.3, 0.4) is 0 Å². The standard InChI is InChI=1S/C35H33N5O/c1-24(2)20-34(41)40-19-3-4-33(40)35-37-22-32(39-35)30-13-9-26(10-14-30)6-5-25-7-11-27(12-8-25)28-15-17-29(18-16-28)31-21-36-23-38-31/h7-18,21-24,33H,3-4,19-20H2,1-2H3,(H,36,38)(H,37,39)/t33-/m0/s1. The number of hydrogen-bond acceptors (Lipinski definition) is 3. The molecule has 204 valence electrons. The summed E-state index contributed by atoms with van der Waals surface area (Å²) in [6, 6.07) is 24.9. The highest BCUT2D eigenvalue weighted by molar-refractivity contribution is 5.77. The van der Waals surface area contributed by atoms with E-state index in [1.807, 2.05) is 29.4 Å². The van der Waals surface area contributed by atoms with E-state index in [0.717, 1.165) is 70.0 Å². The zero-order valence-corrected chi connectivity index (χ0v) is 23.4. The van der Waals surface area contributed by atoms with Crippen molar-refractivity contribution in [3.05, 3.63) is 108 Å². The summed E-state index contributed by atoms with van der Waals surface area (Å²) in [4.78, 5) is 30.2. The number of amides is 1.